The Balaban J connectivity index is 3.13. The number of piperazine rings is 1. The molecule has 0 atom stereocenters. The van der Waals surface area contributed by atoms with Crippen molar-refractivity contribution < 1.29 is 9.59 Å². The quantitative estimate of drug-likeness (QED) is 0.756. The fraction of sp³-hybridized carbons (Fsp3) is 0.818. The van der Waals surface area contributed by atoms with Gasteiger partial charge in [0.25, 0.3) is 0 Å². The van der Waals surface area contributed by atoms with Gasteiger partial charge in [-0.15, -0.1) is 0 Å². The van der Waals surface area contributed by atoms with E-state index in [1.54, 1.807) is 4.90 Å². The van der Waals surface area contributed by atoms with Crippen molar-refractivity contribution in [1.82, 2.24) is 10.2 Å². The average molecular weight is 212 g/mol. The highest BCUT2D eigenvalue weighted by molar-refractivity contribution is 5.98. The summed E-state index contributed by atoms with van der Waals surface area (Å²) in [6.45, 7) is 7.96. The summed E-state index contributed by atoms with van der Waals surface area (Å²) >= 11 is 0. The first-order valence-corrected chi connectivity index (χ1v) is 5.60. The van der Waals surface area contributed by atoms with Crippen LogP contribution in [-0.2, 0) is 9.59 Å². The van der Waals surface area contributed by atoms with Gasteiger partial charge in [-0.25, -0.2) is 0 Å². The van der Waals surface area contributed by atoms with Crippen molar-refractivity contribution in [3.63, 3.8) is 0 Å². The largest absolute Gasteiger partial charge is 0.345 e. The lowest BCUT2D eigenvalue weighted by molar-refractivity contribution is -0.157. The summed E-state index contributed by atoms with van der Waals surface area (Å²) < 4.78 is 0. The highest BCUT2D eigenvalue weighted by Gasteiger charge is 2.47. The second kappa shape index (κ2) is 4.21. The molecule has 0 spiro atoms. The minimum absolute atomic E-state index is 0.0131. The van der Waals surface area contributed by atoms with E-state index < -0.39 is 5.54 Å². The predicted molar refractivity (Wildman–Crippen MR) is 58.3 cm³/mol. The SMILES string of the molecule is CCC1(CC)C(=O)NCC(=O)N1C(C)C. The van der Waals surface area contributed by atoms with Crippen LogP contribution < -0.4 is 5.32 Å². The van der Waals surface area contributed by atoms with Gasteiger partial charge in [-0.05, 0) is 26.7 Å². The Morgan fingerprint density at radius 3 is 2.20 bits per heavy atom. The molecule has 1 aliphatic rings. The minimum Gasteiger partial charge on any atom is -0.345 e. The monoisotopic (exact) mass is 212 g/mol. The van der Waals surface area contributed by atoms with E-state index in [0.29, 0.717) is 12.8 Å². The number of carbonyl (C=O) groups is 2. The van der Waals surface area contributed by atoms with Crippen LogP contribution in [-0.4, -0.2) is 34.8 Å². The lowest BCUT2D eigenvalue weighted by Gasteiger charge is -2.47. The number of carbonyl (C=O) groups excluding carboxylic acids is 2. The molecule has 0 radical (unpaired) electrons. The van der Waals surface area contributed by atoms with Gasteiger partial charge in [-0.3, -0.25) is 9.59 Å². The molecule has 0 aromatic carbocycles. The fourth-order valence-electron chi connectivity index (χ4n) is 2.45. The summed E-state index contributed by atoms with van der Waals surface area (Å²) in [5, 5.41) is 2.68. The predicted octanol–water partition coefficient (Wildman–Crippen LogP) is 0.912. The molecule has 0 saturated carbocycles. The molecule has 0 unspecified atom stereocenters. The van der Waals surface area contributed by atoms with Crippen LogP contribution in [0.3, 0.4) is 0 Å². The zero-order valence-electron chi connectivity index (χ0n) is 9.96. The second-order valence-corrected chi connectivity index (χ2v) is 4.28. The molecular weight excluding hydrogens is 192 g/mol. The standard InChI is InChI=1S/C11H20N2O2/c1-5-11(6-2)10(15)12-7-9(14)13(11)8(3)4/h8H,5-7H2,1-4H3,(H,12,15). The Hall–Kier alpha value is -1.06. The van der Waals surface area contributed by atoms with Gasteiger partial charge in [0.2, 0.25) is 11.8 Å². The first-order chi connectivity index (χ1) is 6.99. The zero-order chi connectivity index (χ0) is 11.6. The lowest BCUT2D eigenvalue weighted by atomic mass is 9.86. The van der Waals surface area contributed by atoms with Crippen LogP contribution in [0.15, 0.2) is 0 Å². The molecule has 1 heterocycles. The molecule has 0 bridgehead atoms. The number of hydrogen-bond acceptors (Lipinski definition) is 2. The first-order valence-electron chi connectivity index (χ1n) is 5.60. The molecule has 15 heavy (non-hydrogen) atoms. The van der Waals surface area contributed by atoms with Crippen LogP contribution in [0.4, 0.5) is 0 Å². The van der Waals surface area contributed by atoms with Crippen LogP contribution in [0, 0.1) is 0 Å². The van der Waals surface area contributed by atoms with Crippen molar-refractivity contribution in [2.45, 2.75) is 52.1 Å². The topological polar surface area (TPSA) is 49.4 Å². The molecule has 0 aromatic rings. The zero-order valence-corrected chi connectivity index (χ0v) is 9.96. The maximum Gasteiger partial charge on any atom is 0.246 e. The van der Waals surface area contributed by atoms with Gasteiger partial charge in [0.15, 0.2) is 0 Å². The molecule has 0 aliphatic carbocycles. The Bertz CT molecular complexity index is 270. The second-order valence-electron chi connectivity index (χ2n) is 4.28. The van der Waals surface area contributed by atoms with Crippen molar-refractivity contribution in [2.24, 2.45) is 0 Å². The van der Waals surface area contributed by atoms with Gasteiger partial charge in [0.05, 0.1) is 6.54 Å². The van der Waals surface area contributed by atoms with Crippen LogP contribution in [0.1, 0.15) is 40.5 Å². The third kappa shape index (κ3) is 1.73. The van der Waals surface area contributed by atoms with E-state index in [9.17, 15) is 9.59 Å². The summed E-state index contributed by atoms with van der Waals surface area (Å²) in [6.07, 6.45) is 1.33. The molecule has 1 fully saturated rings. The normalized spacial score (nSPS) is 20.7. The molecule has 1 N–H and O–H groups in total. The van der Waals surface area contributed by atoms with E-state index in [1.807, 2.05) is 27.7 Å². The molecule has 1 aliphatic heterocycles. The number of amides is 2. The first kappa shape index (κ1) is 12.0. The van der Waals surface area contributed by atoms with Crippen LogP contribution >= 0.6 is 0 Å². The number of rotatable bonds is 3. The van der Waals surface area contributed by atoms with Crippen molar-refractivity contribution >= 4 is 11.8 Å². The van der Waals surface area contributed by atoms with Crippen LogP contribution in [0.25, 0.3) is 0 Å². The summed E-state index contributed by atoms with van der Waals surface area (Å²) in [7, 11) is 0. The van der Waals surface area contributed by atoms with Crippen molar-refractivity contribution in [1.29, 1.82) is 0 Å². The van der Waals surface area contributed by atoms with Crippen LogP contribution in [0.5, 0.6) is 0 Å². The fourth-order valence-corrected chi connectivity index (χ4v) is 2.45. The molecule has 86 valence electrons. The smallest absolute Gasteiger partial charge is 0.246 e. The summed E-state index contributed by atoms with van der Waals surface area (Å²) in [5.41, 5.74) is -0.635. The molecule has 4 heteroatoms. The van der Waals surface area contributed by atoms with E-state index in [0.717, 1.165) is 0 Å². The molecule has 1 rings (SSSR count). The Morgan fingerprint density at radius 1 is 1.33 bits per heavy atom. The lowest BCUT2D eigenvalue weighted by Crippen LogP contribution is -2.68. The third-order valence-electron chi connectivity index (χ3n) is 3.24. The maximum atomic E-state index is 11.9. The maximum absolute atomic E-state index is 11.9. The van der Waals surface area contributed by atoms with E-state index in [-0.39, 0.29) is 24.4 Å². The Morgan fingerprint density at radius 2 is 1.87 bits per heavy atom. The summed E-state index contributed by atoms with van der Waals surface area (Å²) in [5.74, 6) is 0.00843. The van der Waals surface area contributed by atoms with E-state index in [2.05, 4.69) is 5.32 Å². The van der Waals surface area contributed by atoms with Crippen molar-refractivity contribution in [2.75, 3.05) is 6.54 Å². The van der Waals surface area contributed by atoms with Crippen molar-refractivity contribution in [3.8, 4) is 0 Å². The van der Waals surface area contributed by atoms with E-state index in [1.165, 1.54) is 0 Å². The summed E-state index contributed by atoms with van der Waals surface area (Å²) in [6, 6.07) is 0.0726. The van der Waals surface area contributed by atoms with Gasteiger partial charge in [-0.1, -0.05) is 13.8 Å². The van der Waals surface area contributed by atoms with Gasteiger partial charge in [0.1, 0.15) is 5.54 Å². The number of nitrogens with zero attached hydrogens (tertiary/aromatic N) is 1. The van der Waals surface area contributed by atoms with Gasteiger partial charge < -0.3 is 10.2 Å². The average Bonchev–Trinajstić information content (AvgIpc) is 2.20. The molecule has 4 nitrogen and oxygen atoms in total. The molecule has 1 saturated heterocycles. The molecule has 2 amide bonds. The summed E-state index contributed by atoms with van der Waals surface area (Å²) in [4.78, 5) is 25.5. The highest BCUT2D eigenvalue weighted by atomic mass is 16.2. The molecular formula is C11H20N2O2. The third-order valence-corrected chi connectivity index (χ3v) is 3.24. The Labute approximate surface area is 91.0 Å². The van der Waals surface area contributed by atoms with Crippen molar-refractivity contribution in [3.05, 3.63) is 0 Å². The Kier molecular flexibility index (Phi) is 3.37. The number of nitrogens with one attached hydrogen (secondary N) is 1. The minimum atomic E-state index is -0.635. The van der Waals surface area contributed by atoms with Gasteiger partial charge in [0, 0.05) is 6.04 Å². The van der Waals surface area contributed by atoms with E-state index in [4.69, 9.17) is 0 Å². The van der Waals surface area contributed by atoms with E-state index >= 15 is 0 Å². The number of hydrogen-bond donors (Lipinski definition) is 1. The van der Waals surface area contributed by atoms with Crippen LogP contribution in [0.2, 0.25) is 0 Å². The molecule has 0 aromatic heterocycles. The van der Waals surface area contributed by atoms with Gasteiger partial charge in [-0.2, -0.15) is 0 Å². The highest BCUT2D eigenvalue weighted by Crippen LogP contribution is 2.29. The van der Waals surface area contributed by atoms with Gasteiger partial charge >= 0.3 is 0 Å².